The van der Waals surface area contributed by atoms with E-state index in [1.807, 2.05) is 6.92 Å². The predicted molar refractivity (Wildman–Crippen MR) is 111 cm³/mol. The second-order valence-electron chi connectivity index (χ2n) is 6.75. The van der Waals surface area contributed by atoms with Gasteiger partial charge in [-0.2, -0.15) is 0 Å². The normalized spacial score (nSPS) is 11.2. The molecule has 0 fully saturated rings. The zero-order valence-electron chi connectivity index (χ0n) is 16.0. The number of rotatable bonds is 3. The maximum Gasteiger partial charge on any atom is 0.295 e. The van der Waals surface area contributed by atoms with Gasteiger partial charge < -0.3 is 10.2 Å². The smallest absolute Gasteiger partial charge is 0.295 e. The van der Waals surface area contributed by atoms with Gasteiger partial charge >= 0.3 is 0 Å². The van der Waals surface area contributed by atoms with E-state index in [1.165, 1.54) is 16.7 Å². The van der Waals surface area contributed by atoms with Gasteiger partial charge in [0, 0.05) is 21.9 Å². The topological polar surface area (TPSA) is 104 Å². The molecule has 148 valence electrons. The Bertz CT molecular complexity index is 1250. The fourth-order valence-electron chi connectivity index (χ4n) is 3.11. The van der Waals surface area contributed by atoms with Crippen molar-refractivity contribution in [3.05, 3.63) is 89.5 Å². The van der Waals surface area contributed by atoms with E-state index < -0.39 is 11.8 Å². The van der Waals surface area contributed by atoms with Crippen LogP contribution >= 0.6 is 0 Å². The van der Waals surface area contributed by atoms with Crippen LogP contribution in [0.2, 0.25) is 0 Å². The molecule has 4 rings (SSSR count). The minimum absolute atomic E-state index is 0.106. The second kappa shape index (κ2) is 7.63. The SMILES string of the molecule is Cc1ccc(C(=O)N=NC(=O)c2ccc(-n3c(O)c4ccccc4c3O)cc2)cc1. The number of carbonyl (C=O) groups excluding carboxylic acids is 2. The summed E-state index contributed by atoms with van der Waals surface area (Å²) in [4.78, 5) is 24.3. The highest BCUT2D eigenvalue weighted by Gasteiger charge is 2.17. The van der Waals surface area contributed by atoms with E-state index in [-0.39, 0.29) is 17.3 Å². The zero-order valence-corrected chi connectivity index (χ0v) is 16.0. The lowest BCUT2D eigenvalue weighted by atomic mass is 10.1. The third kappa shape index (κ3) is 3.44. The molecule has 3 aromatic carbocycles. The van der Waals surface area contributed by atoms with Crippen LogP contribution in [-0.2, 0) is 0 Å². The Morgan fingerprint density at radius 1 is 0.700 bits per heavy atom. The Morgan fingerprint density at radius 3 is 1.60 bits per heavy atom. The summed E-state index contributed by atoms with van der Waals surface area (Å²) in [6, 6.07) is 19.8. The van der Waals surface area contributed by atoms with E-state index >= 15 is 0 Å². The van der Waals surface area contributed by atoms with Crippen LogP contribution in [0.15, 0.2) is 83.0 Å². The van der Waals surface area contributed by atoms with Crippen molar-refractivity contribution < 1.29 is 19.8 Å². The maximum absolute atomic E-state index is 12.2. The number of nitrogens with zero attached hydrogens (tertiary/aromatic N) is 3. The number of aryl methyl sites for hydroxylation is 1. The van der Waals surface area contributed by atoms with E-state index in [0.29, 0.717) is 22.0 Å². The van der Waals surface area contributed by atoms with Crippen LogP contribution in [0, 0.1) is 6.92 Å². The third-order valence-corrected chi connectivity index (χ3v) is 4.74. The van der Waals surface area contributed by atoms with Crippen LogP contribution in [0.1, 0.15) is 26.3 Å². The van der Waals surface area contributed by atoms with Crippen molar-refractivity contribution in [3.8, 4) is 17.4 Å². The summed E-state index contributed by atoms with van der Waals surface area (Å²) in [5.74, 6) is -1.49. The minimum atomic E-state index is -0.673. The Balaban J connectivity index is 1.56. The van der Waals surface area contributed by atoms with Gasteiger partial charge in [0.25, 0.3) is 11.8 Å². The lowest BCUT2D eigenvalue weighted by Crippen LogP contribution is -1.99. The highest BCUT2D eigenvalue weighted by Crippen LogP contribution is 2.38. The molecule has 0 aliphatic heterocycles. The molecule has 0 saturated carbocycles. The first-order chi connectivity index (χ1) is 14.5. The van der Waals surface area contributed by atoms with Crippen molar-refractivity contribution in [2.75, 3.05) is 0 Å². The van der Waals surface area contributed by atoms with Crippen LogP contribution in [0.25, 0.3) is 16.5 Å². The molecule has 2 amide bonds. The van der Waals surface area contributed by atoms with Gasteiger partial charge in [-0.15, -0.1) is 10.2 Å². The summed E-state index contributed by atoms with van der Waals surface area (Å²) in [5, 5.41) is 28.9. The van der Waals surface area contributed by atoms with Gasteiger partial charge in [-0.25, -0.2) is 0 Å². The Kier molecular flexibility index (Phi) is 4.85. The first-order valence-corrected chi connectivity index (χ1v) is 9.14. The van der Waals surface area contributed by atoms with Gasteiger partial charge in [-0.1, -0.05) is 29.8 Å². The molecule has 30 heavy (non-hydrogen) atoms. The van der Waals surface area contributed by atoms with Crippen molar-refractivity contribution in [3.63, 3.8) is 0 Å². The molecule has 2 N–H and O–H groups in total. The monoisotopic (exact) mass is 399 g/mol. The molecule has 7 nitrogen and oxygen atoms in total. The summed E-state index contributed by atoms with van der Waals surface area (Å²) < 4.78 is 1.28. The molecule has 0 aliphatic carbocycles. The standard InChI is InChI=1S/C23H17N3O4/c1-14-6-8-15(9-7-14)20(27)24-25-21(28)16-10-12-17(13-11-16)26-22(29)18-4-2-3-5-19(18)23(26)30/h2-13,29-30H,1H3. The molecular formula is C23H17N3O4. The highest BCUT2D eigenvalue weighted by atomic mass is 16.3. The van der Waals surface area contributed by atoms with Crippen molar-refractivity contribution in [1.82, 2.24) is 4.57 Å². The third-order valence-electron chi connectivity index (χ3n) is 4.74. The maximum atomic E-state index is 12.2. The molecule has 4 aromatic rings. The predicted octanol–water partition coefficient (Wildman–Crippen LogP) is 4.78. The van der Waals surface area contributed by atoms with E-state index in [0.717, 1.165) is 5.56 Å². The lowest BCUT2D eigenvalue weighted by molar-refractivity contribution is 0.0947. The number of carbonyl (C=O) groups is 2. The molecule has 0 atom stereocenters. The average Bonchev–Trinajstić information content (AvgIpc) is 3.03. The first kappa shape index (κ1) is 19.1. The van der Waals surface area contributed by atoms with Gasteiger partial charge in [0.1, 0.15) is 0 Å². The molecule has 1 heterocycles. The van der Waals surface area contributed by atoms with Crippen LogP contribution in [0.3, 0.4) is 0 Å². The van der Waals surface area contributed by atoms with Gasteiger partial charge in [0.05, 0.1) is 5.69 Å². The fourth-order valence-corrected chi connectivity index (χ4v) is 3.11. The van der Waals surface area contributed by atoms with E-state index in [1.54, 1.807) is 60.7 Å². The number of benzene rings is 3. The molecule has 0 saturated heterocycles. The summed E-state index contributed by atoms with van der Waals surface area (Å²) in [6.07, 6.45) is 0. The van der Waals surface area contributed by atoms with Crippen LogP contribution in [0.4, 0.5) is 0 Å². The molecular weight excluding hydrogens is 382 g/mol. The van der Waals surface area contributed by atoms with Gasteiger partial charge in [-0.3, -0.25) is 14.2 Å². The average molecular weight is 399 g/mol. The number of fused-ring (bicyclic) bond motifs is 1. The second-order valence-corrected chi connectivity index (χ2v) is 6.75. The van der Waals surface area contributed by atoms with Gasteiger partial charge in [-0.05, 0) is 55.5 Å². The van der Waals surface area contributed by atoms with Crippen molar-refractivity contribution in [2.24, 2.45) is 10.2 Å². The number of aromatic hydroxyl groups is 2. The Labute approximate surface area is 171 Å². The number of amides is 2. The number of azo groups is 1. The number of aromatic nitrogens is 1. The molecule has 0 spiro atoms. The molecule has 1 aromatic heterocycles. The van der Waals surface area contributed by atoms with Crippen LogP contribution in [0.5, 0.6) is 11.8 Å². The first-order valence-electron chi connectivity index (χ1n) is 9.14. The number of hydrogen-bond acceptors (Lipinski definition) is 4. The summed E-state index contributed by atoms with van der Waals surface area (Å²) >= 11 is 0. The minimum Gasteiger partial charge on any atom is -0.494 e. The van der Waals surface area contributed by atoms with Crippen molar-refractivity contribution >= 4 is 22.6 Å². The molecule has 0 bridgehead atoms. The van der Waals surface area contributed by atoms with Gasteiger partial charge in [0.2, 0.25) is 11.8 Å². The quantitative estimate of drug-likeness (QED) is 0.484. The number of hydrogen-bond donors (Lipinski definition) is 2. The van der Waals surface area contributed by atoms with Crippen molar-refractivity contribution in [2.45, 2.75) is 6.92 Å². The van der Waals surface area contributed by atoms with E-state index in [4.69, 9.17) is 0 Å². The molecule has 0 aliphatic rings. The lowest BCUT2D eigenvalue weighted by Gasteiger charge is -2.07. The van der Waals surface area contributed by atoms with Crippen LogP contribution in [-0.4, -0.2) is 26.6 Å². The fraction of sp³-hybridized carbons (Fsp3) is 0.0435. The van der Waals surface area contributed by atoms with Gasteiger partial charge in [0.15, 0.2) is 0 Å². The summed E-state index contributed by atoms with van der Waals surface area (Å²) in [5.41, 5.74) is 2.03. The molecule has 0 unspecified atom stereocenters. The summed E-state index contributed by atoms with van der Waals surface area (Å²) in [7, 11) is 0. The Morgan fingerprint density at radius 2 is 1.13 bits per heavy atom. The zero-order chi connectivity index (χ0) is 21.3. The summed E-state index contributed by atoms with van der Waals surface area (Å²) in [6.45, 7) is 1.90. The van der Waals surface area contributed by atoms with Crippen molar-refractivity contribution in [1.29, 1.82) is 0 Å². The van der Waals surface area contributed by atoms with E-state index in [2.05, 4.69) is 10.2 Å². The van der Waals surface area contributed by atoms with E-state index in [9.17, 15) is 19.8 Å². The van der Waals surface area contributed by atoms with Crippen LogP contribution < -0.4 is 0 Å². The largest absolute Gasteiger partial charge is 0.494 e. The molecule has 7 heteroatoms. The highest BCUT2D eigenvalue weighted by molar-refractivity contribution is 5.99. The molecule has 0 radical (unpaired) electrons. The Hall–Kier alpha value is -4.26.